The van der Waals surface area contributed by atoms with Crippen molar-refractivity contribution >= 4 is 34.3 Å². The van der Waals surface area contributed by atoms with Crippen LogP contribution in [-0.4, -0.2) is 46.8 Å². The van der Waals surface area contributed by atoms with Crippen molar-refractivity contribution < 1.29 is 18.4 Å². The number of carbonyl (C=O) groups is 2. The molecule has 162 valence electrons. The summed E-state index contributed by atoms with van der Waals surface area (Å²) in [6.45, 7) is 0.968. The molecule has 0 bridgehead atoms. The van der Waals surface area contributed by atoms with Gasteiger partial charge in [-0.05, 0) is 37.3 Å². The van der Waals surface area contributed by atoms with E-state index >= 15 is 0 Å². The first kappa shape index (κ1) is 21.1. The summed E-state index contributed by atoms with van der Waals surface area (Å²) in [6.07, 6.45) is 3.70. The average Bonchev–Trinajstić information content (AvgIpc) is 3.23. The molecular formula is C22H26ClF2N3O2. The van der Waals surface area contributed by atoms with E-state index in [9.17, 15) is 18.4 Å². The van der Waals surface area contributed by atoms with E-state index in [4.69, 9.17) is 11.6 Å². The van der Waals surface area contributed by atoms with E-state index in [0.29, 0.717) is 48.3 Å². The summed E-state index contributed by atoms with van der Waals surface area (Å²) in [4.78, 5) is 26.6. The van der Waals surface area contributed by atoms with Crippen molar-refractivity contribution in [2.24, 2.45) is 5.92 Å². The van der Waals surface area contributed by atoms with Gasteiger partial charge in [0.15, 0.2) is 0 Å². The monoisotopic (exact) mass is 437 g/mol. The Kier molecular flexibility index (Phi) is 5.75. The number of amides is 2. The van der Waals surface area contributed by atoms with Gasteiger partial charge in [0.05, 0.1) is 16.1 Å². The molecule has 2 amide bonds. The maximum absolute atomic E-state index is 13.4. The molecule has 1 aliphatic carbocycles. The fourth-order valence-corrected chi connectivity index (χ4v) is 4.84. The van der Waals surface area contributed by atoms with Crippen molar-refractivity contribution in [2.45, 2.75) is 57.0 Å². The largest absolute Gasteiger partial charge is 0.352 e. The second-order valence-corrected chi connectivity index (χ2v) is 8.94. The zero-order valence-corrected chi connectivity index (χ0v) is 17.7. The van der Waals surface area contributed by atoms with Gasteiger partial charge < -0.3 is 14.8 Å². The van der Waals surface area contributed by atoms with Gasteiger partial charge in [0.25, 0.3) is 5.91 Å². The summed E-state index contributed by atoms with van der Waals surface area (Å²) in [7, 11) is 1.81. The first-order chi connectivity index (χ1) is 14.2. The van der Waals surface area contributed by atoms with Gasteiger partial charge in [-0.25, -0.2) is 8.78 Å². The van der Waals surface area contributed by atoms with Crippen LogP contribution in [0.1, 0.15) is 48.9 Å². The Hall–Kier alpha value is -2.15. The molecule has 5 nitrogen and oxygen atoms in total. The molecule has 2 aromatic rings. The first-order valence-electron chi connectivity index (χ1n) is 10.4. The van der Waals surface area contributed by atoms with Gasteiger partial charge in [-0.3, -0.25) is 9.59 Å². The van der Waals surface area contributed by atoms with Crippen LogP contribution < -0.4 is 5.32 Å². The van der Waals surface area contributed by atoms with E-state index < -0.39 is 5.92 Å². The number of hydrogen-bond donors (Lipinski definition) is 1. The van der Waals surface area contributed by atoms with Gasteiger partial charge in [0, 0.05) is 57.0 Å². The number of rotatable bonds is 5. The molecule has 0 radical (unpaired) electrons. The number of likely N-dealkylation sites (tertiary alicyclic amines) is 1. The molecule has 1 aromatic carbocycles. The number of carbonyl (C=O) groups excluding carboxylic acids is 2. The number of nitrogens with zero attached hydrogens (tertiary/aromatic N) is 2. The summed E-state index contributed by atoms with van der Waals surface area (Å²) < 4.78 is 28.7. The van der Waals surface area contributed by atoms with Crippen LogP contribution in [0.25, 0.3) is 10.9 Å². The van der Waals surface area contributed by atoms with Gasteiger partial charge in [-0.2, -0.15) is 0 Å². The lowest BCUT2D eigenvalue weighted by Crippen LogP contribution is -2.34. The van der Waals surface area contributed by atoms with Crippen molar-refractivity contribution in [2.75, 3.05) is 13.6 Å². The van der Waals surface area contributed by atoms with Crippen LogP contribution in [-0.2, 0) is 11.3 Å². The fraction of sp³-hybridized carbons (Fsp3) is 0.545. The predicted octanol–water partition coefficient (Wildman–Crippen LogP) is 4.47. The molecule has 1 N–H and O–H groups in total. The van der Waals surface area contributed by atoms with E-state index in [1.54, 1.807) is 24.2 Å². The normalized spacial score (nSPS) is 22.1. The maximum Gasteiger partial charge on any atom is 0.253 e. The molecule has 1 atom stereocenters. The smallest absolute Gasteiger partial charge is 0.253 e. The van der Waals surface area contributed by atoms with Crippen molar-refractivity contribution in [3.8, 4) is 0 Å². The van der Waals surface area contributed by atoms with Crippen molar-refractivity contribution in [1.29, 1.82) is 0 Å². The molecule has 1 saturated carbocycles. The minimum Gasteiger partial charge on any atom is -0.352 e. The van der Waals surface area contributed by atoms with Gasteiger partial charge in [-0.15, -0.1) is 0 Å². The first-order valence-corrected chi connectivity index (χ1v) is 10.8. The Morgan fingerprint density at radius 3 is 2.67 bits per heavy atom. The Bertz CT molecular complexity index is 965. The molecule has 8 heteroatoms. The minimum absolute atomic E-state index is 0.0653. The van der Waals surface area contributed by atoms with Crippen molar-refractivity contribution in [1.82, 2.24) is 14.8 Å². The van der Waals surface area contributed by atoms with Crippen LogP contribution in [0, 0.1) is 5.92 Å². The van der Waals surface area contributed by atoms with Gasteiger partial charge >= 0.3 is 0 Å². The van der Waals surface area contributed by atoms with E-state index in [0.717, 1.165) is 11.9 Å². The van der Waals surface area contributed by atoms with E-state index in [1.807, 2.05) is 16.7 Å². The van der Waals surface area contributed by atoms with Gasteiger partial charge in [0.1, 0.15) is 0 Å². The molecule has 0 spiro atoms. The van der Waals surface area contributed by atoms with Crippen LogP contribution in [0.15, 0.2) is 24.4 Å². The average molecular weight is 438 g/mol. The maximum atomic E-state index is 13.4. The van der Waals surface area contributed by atoms with Crippen molar-refractivity contribution in [3.63, 3.8) is 0 Å². The molecule has 1 aromatic heterocycles. The predicted molar refractivity (Wildman–Crippen MR) is 112 cm³/mol. The minimum atomic E-state index is -2.57. The number of likely N-dealkylation sites (N-methyl/N-ethyl adjacent to an activating group) is 1. The lowest BCUT2D eigenvalue weighted by Gasteiger charge is -2.28. The fourth-order valence-electron chi connectivity index (χ4n) is 4.57. The van der Waals surface area contributed by atoms with Crippen LogP contribution in [0.2, 0.25) is 5.02 Å². The lowest BCUT2D eigenvalue weighted by molar-refractivity contribution is -0.127. The number of alkyl halides is 2. The summed E-state index contributed by atoms with van der Waals surface area (Å²) in [5, 5.41) is 4.09. The van der Waals surface area contributed by atoms with E-state index in [2.05, 4.69) is 5.32 Å². The number of benzene rings is 1. The topological polar surface area (TPSA) is 54.3 Å². The lowest BCUT2D eigenvalue weighted by atomic mass is 9.87. The summed E-state index contributed by atoms with van der Waals surface area (Å²) in [5.41, 5.74) is 1.32. The third-order valence-corrected chi connectivity index (χ3v) is 6.84. The molecule has 30 heavy (non-hydrogen) atoms. The standard InChI is InChI=1S/C22H26ClF2N3O2/c1-27-15(5-6-19(27)29)12-28-13-16(20-17(23)3-2-4-18(20)28)21(30)26-11-14-7-9-22(24,25)10-8-14/h2-4,13-15H,5-12H2,1H3,(H,26,30)/t15-/m1/s1. The molecule has 0 unspecified atom stereocenters. The summed E-state index contributed by atoms with van der Waals surface area (Å²) >= 11 is 6.43. The van der Waals surface area contributed by atoms with Crippen LogP contribution in [0.5, 0.6) is 0 Å². The molecule has 4 rings (SSSR count). The Labute approximate surface area is 179 Å². The second-order valence-electron chi connectivity index (χ2n) is 8.54. The molecule has 1 aliphatic heterocycles. The molecular weight excluding hydrogens is 412 g/mol. The van der Waals surface area contributed by atoms with E-state index in [1.165, 1.54) is 0 Å². The second kappa shape index (κ2) is 8.17. The number of nitrogens with one attached hydrogen (secondary N) is 1. The zero-order chi connectivity index (χ0) is 21.5. The highest BCUT2D eigenvalue weighted by molar-refractivity contribution is 6.36. The highest BCUT2D eigenvalue weighted by Crippen LogP contribution is 2.36. The van der Waals surface area contributed by atoms with E-state index in [-0.39, 0.29) is 36.6 Å². The SMILES string of the molecule is CN1C(=O)CC[C@@H]1Cn1cc(C(=O)NCC2CCC(F)(F)CC2)c2c(Cl)cccc21. The highest BCUT2D eigenvalue weighted by Gasteiger charge is 2.35. The number of halogens is 3. The Morgan fingerprint density at radius 2 is 2.00 bits per heavy atom. The van der Waals surface area contributed by atoms with Crippen molar-refractivity contribution in [3.05, 3.63) is 35.0 Å². The number of fused-ring (bicyclic) bond motifs is 1. The summed E-state index contributed by atoms with van der Waals surface area (Å²) in [6, 6.07) is 5.58. The third kappa shape index (κ3) is 4.17. The third-order valence-electron chi connectivity index (χ3n) is 6.53. The highest BCUT2D eigenvalue weighted by atomic mass is 35.5. The Balaban J connectivity index is 1.52. The Morgan fingerprint density at radius 1 is 1.27 bits per heavy atom. The number of aromatic nitrogens is 1. The molecule has 1 saturated heterocycles. The van der Waals surface area contributed by atoms with Crippen LogP contribution in [0.4, 0.5) is 8.78 Å². The number of hydrogen-bond acceptors (Lipinski definition) is 2. The van der Waals surface area contributed by atoms with Crippen LogP contribution in [0.3, 0.4) is 0 Å². The summed E-state index contributed by atoms with van der Waals surface area (Å²) in [5.74, 6) is -2.63. The molecule has 2 aliphatic rings. The van der Waals surface area contributed by atoms with Gasteiger partial charge in [0.2, 0.25) is 11.8 Å². The van der Waals surface area contributed by atoms with Crippen LogP contribution >= 0.6 is 11.6 Å². The quantitative estimate of drug-likeness (QED) is 0.750. The zero-order valence-electron chi connectivity index (χ0n) is 17.0. The molecule has 2 heterocycles. The van der Waals surface area contributed by atoms with Gasteiger partial charge in [-0.1, -0.05) is 17.7 Å². The molecule has 2 fully saturated rings.